The Balaban J connectivity index is 2.98. The Morgan fingerprint density at radius 3 is 2.54 bits per heavy atom. The molecule has 70 valence electrons. The Kier molecular flexibility index (Phi) is 2.84. The number of ether oxygens (including phenoxy) is 1. The molecule has 5 N–H and O–H groups in total. The summed E-state index contributed by atoms with van der Waals surface area (Å²) in [4.78, 5) is 10.6. The summed E-state index contributed by atoms with van der Waals surface area (Å²) < 4.78 is 4.88. The highest BCUT2D eigenvalue weighted by molar-refractivity contribution is 5.90. The van der Waals surface area contributed by atoms with Crippen LogP contribution < -0.4 is 16.2 Å². The van der Waals surface area contributed by atoms with Crippen molar-refractivity contribution in [2.24, 2.45) is 11.5 Å². The van der Waals surface area contributed by atoms with E-state index in [9.17, 15) is 4.79 Å². The fourth-order valence-corrected chi connectivity index (χ4v) is 0.893. The van der Waals surface area contributed by atoms with Gasteiger partial charge in [0.2, 0.25) is 6.35 Å². The Hall–Kier alpha value is -1.59. The molecule has 1 aromatic carbocycles. The van der Waals surface area contributed by atoms with E-state index in [0.717, 1.165) is 0 Å². The molecule has 0 fully saturated rings. The molecule has 5 nitrogen and oxygen atoms in total. The van der Waals surface area contributed by atoms with Gasteiger partial charge in [0.15, 0.2) is 0 Å². The van der Waals surface area contributed by atoms with Gasteiger partial charge in [-0.25, -0.2) is 4.79 Å². The minimum atomic E-state index is -1.07. The van der Waals surface area contributed by atoms with E-state index in [1.165, 1.54) is 12.1 Å². The minimum Gasteiger partial charge on any atom is -0.478 e. The molecule has 0 saturated carbocycles. The summed E-state index contributed by atoms with van der Waals surface area (Å²) in [6.45, 7) is 0. The first kappa shape index (κ1) is 9.50. The van der Waals surface area contributed by atoms with Crippen molar-refractivity contribution in [3.63, 3.8) is 0 Å². The van der Waals surface area contributed by atoms with Gasteiger partial charge in [-0.3, -0.25) is 11.5 Å². The van der Waals surface area contributed by atoms with Gasteiger partial charge in [-0.2, -0.15) is 0 Å². The van der Waals surface area contributed by atoms with E-state index in [2.05, 4.69) is 0 Å². The van der Waals surface area contributed by atoms with Crippen molar-refractivity contribution in [3.8, 4) is 5.75 Å². The first-order chi connectivity index (χ1) is 6.11. The first-order valence-electron chi connectivity index (χ1n) is 3.61. The number of rotatable bonds is 3. The lowest BCUT2D eigenvalue weighted by Gasteiger charge is -2.10. The molecular formula is C8H10N2O3. The molecule has 0 aliphatic carbocycles. The number of hydrogen-bond acceptors (Lipinski definition) is 4. The molecule has 0 unspecified atom stereocenters. The van der Waals surface area contributed by atoms with Crippen LogP contribution in [0.5, 0.6) is 5.75 Å². The van der Waals surface area contributed by atoms with Crippen molar-refractivity contribution in [2.45, 2.75) is 6.35 Å². The largest absolute Gasteiger partial charge is 0.478 e. The van der Waals surface area contributed by atoms with Gasteiger partial charge < -0.3 is 9.84 Å². The van der Waals surface area contributed by atoms with Crippen LogP contribution in [-0.2, 0) is 0 Å². The number of hydrogen-bond donors (Lipinski definition) is 3. The number of nitrogens with two attached hydrogens (primary N) is 2. The van der Waals surface area contributed by atoms with Crippen LogP contribution in [0.2, 0.25) is 0 Å². The van der Waals surface area contributed by atoms with Gasteiger partial charge >= 0.3 is 5.97 Å². The van der Waals surface area contributed by atoms with E-state index in [0.29, 0.717) is 0 Å². The molecule has 0 saturated heterocycles. The summed E-state index contributed by atoms with van der Waals surface area (Å²) in [6, 6.07) is 6.15. The van der Waals surface area contributed by atoms with Gasteiger partial charge in [-0.1, -0.05) is 12.1 Å². The molecule has 0 amide bonds. The van der Waals surface area contributed by atoms with Gasteiger partial charge in [0.25, 0.3) is 0 Å². The topological polar surface area (TPSA) is 98.6 Å². The van der Waals surface area contributed by atoms with Crippen LogP contribution in [0.25, 0.3) is 0 Å². The highest BCUT2D eigenvalue weighted by Gasteiger charge is 2.10. The highest BCUT2D eigenvalue weighted by atomic mass is 16.5. The van der Waals surface area contributed by atoms with Crippen LogP contribution in [0.15, 0.2) is 24.3 Å². The molecule has 0 spiro atoms. The van der Waals surface area contributed by atoms with Crippen molar-refractivity contribution in [3.05, 3.63) is 29.8 Å². The second kappa shape index (κ2) is 3.88. The number of carboxylic acid groups (broad SMARTS) is 1. The Morgan fingerprint density at radius 1 is 1.38 bits per heavy atom. The molecule has 0 aromatic heterocycles. The van der Waals surface area contributed by atoms with E-state index >= 15 is 0 Å². The fraction of sp³-hybridized carbons (Fsp3) is 0.125. The summed E-state index contributed by atoms with van der Waals surface area (Å²) in [5, 5.41) is 8.72. The van der Waals surface area contributed by atoms with Gasteiger partial charge in [0, 0.05) is 0 Å². The summed E-state index contributed by atoms with van der Waals surface area (Å²) in [5.74, 6) is -0.902. The number of para-hydroxylation sites is 1. The predicted molar refractivity (Wildman–Crippen MR) is 46.2 cm³/mol. The van der Waals surface area contributed by atoms with Crippen molar-refractivity contribution < 1.29 is 14.6 Å². The molecule has 1 aromatic rings. The third-order valence-corrected chi connectivity index (χ3v) is 1.38. The van der Waals surface area contributed by atoms with Crippen LogP contribution in [0.3, 0.4) is 0 Å². The Bertz CT molecular complexity index is 312. The average Bonchev–Trinajstić information content (AvgIpc) is 2.03. The van der Waals surface area contributed by atoms with E-state index in [-0.39, 0.29) is 11.3 Å². The normalized spacial score (nSPS) is 10.1. The molecule has 0 heterocycles. The van der Waals surface area contributed by atoms with Gasteiger partial charge in [0.05, 0.1) is 0 Å². The lowest BCUT2D eigenvalue weighted by molar-refractivity contribution is 0.0689. The molecule has 1 rings (SSSR count). The van der Waals surface area contributed by atoms with Crippen LogP contribution >= 0.6 is 0 Å². The van der Waals surface area contributed by atoms with Crippen molar-refractivity contribution >= 4 is 5.97 Å². The van der Waals surface area contributed by atoms with E-state index in [1.807, 2.05) is 0 Å². The fourth-order valence-electron chi connectivity index (χ4n) is 0.893. The van der Waals surface area contributed by atoms with Gasteiger partial charge in [-0.05, 0) is 12.1 Å². The maximum atomic E-state index is 10.6. The Labute approximate surface area is 74.9 Å². The van der Waals surface area contributed by atoms with Crippen LogP contribution in [-0.4, -0.2) is 17.4 Å². The molecule has 0 aliphatic rings. The third-order valence-electron chi connectivity index (χ3n) is 1.38. The third kappa shape index (κ3) is 2.43. The van der Waals surface area contributed by atoms with Gasteiger partial charge in [0.1, 0.15) is 11.3 Å². The maximum absolute atomic E-state index is 10.6. The zero-order valence-corrected chi connectivity index (χ0v) is 6.81. The number of carboxylic acids is 1. The number of aromatic carboxylic acids is 1. The van der Waals surface area contributed by atoms with Crippen LogP contribution in [0.4, 0.5) is 0 Å². The molecule has 0 atom stereocenters. The zero-order chi connectivity index (χ0) is 9.84. The van der Waals surface area contributed by atoms with E-state index in [4.69, 9.17) is 21.3 Å². The molecule has 13 heavy (non-hydrogen) atoms. The van der Waals surface area contributed by atoms with Crippen molar-refractivity contribution in [2.75, 3.05) is 0 Å². The molecule has 5 heteroatoms. The molecule has 0 radical (unpaired) electrons. The van der Waals surface area contributed by atoms with E-state index in [1.54, 1.807) is 12.1 Å². The summed E-state index contributed by atoms with van der Waals surface area (Å²) >= 11 is 0. The number of benzene rings is 1. The number of carbonyl (C=O) groups is 1. The molecular weight excluding hydrogens is 172 g/mol. The monoisotopic (exact) mass is 182 g/mol. The second-order valence-corrected chi connectivity index (χ2v) is 2.38. The standard InChI is InChI=1S/C8H10N2O3/c9-8(10)13-6-4-2-1-3-5(6)7(11)12/h1-4,8H,9-10H2,(H,11,12). The van der Waals surface area contributed by atoms with Crippen LogP contribution in [0, 0.1) is 0 Å². The molecule has 0 aliphatic heterocycles. The zero-order valence-electron chi connectivity index (χ0n) is 6.81. The SMILES string of the molecule is NC(N)Oc1ccccc1C(=O)O. The smallest absolute Gasteiger partial charge is 0.339 e. The lowest BCUT2D eigenvalue weighted by atomic mass is 10.2. The van der Waals surface area contributed by atoms with Crippen LogP contribution in [0.1, 0.15) is 10.4 Å². The maximum Gasteiger partial charge on any atom is 0.339 e. The molecule has 0 bridgehead atoms. The second-order valence-electron chi connectivity index (χ2n) is 2.38. The van der Waals surface area contributed by atoms with Gasteiger partial charge in [-0.15, -0.1) is 0 Å². The quantitative estimate of drug-likeness (QED) is 0.570. The summed E-state index contributed by atoms with van der Waals surface area (Å²) in [6.07, 6.45) is -1.01. The van der Waals surface area contributed by atoms with Crippen molar-refractivity contribution in [1.29, 1.82) is 0 Å². The first-order valence-corrected chi connectivity index (χ1v) is 3.61. The highest BCUT2D eigenvalue weighted by Crippen LogP contribution is 2.17. The van der Waals surface area contributed by atoms with E-state index < -0.39 is 12.3 Å². The summed E-state index contributed by atoms with van der Waals surface area (Å²) in [5.41, 5.74) is 10.4. The van der Waals surface area contributed by atoms with Crippen molar-refractivity contribution in [1.82, 2.24) is 0 Å². The lowest BCUT2D eigenvalue weighted by Crippen LogP contribution is -2.36. The predicted octanol–water partition coefficient (Wildman–Crippen LogP) is -0.0354. The summed E-state index contributed by atoms with van der Waals surface area (Å²) in [7, 11) is 0. The Morgan fingerprint density at radius 2 is 2.00 bits per heavy atom. The average molecular weight is 182 g/mol. The minimum absolute atomic E-state index is 0.0448.